The van der Waals surface area contributed by atoms with Gasteiger partial charge in [0.15, 0.2) is 0 Å². The van der Waals surface area contributed by atoms with Crippen molar-refractivity contribution in [2.24, 2.45) is 23.7 Å². The molecule has 0 spiro atoms. The summed E-state index contributed by atoms with van der Waals surface area (Å²) >= 11 is 0. The third kappa shape index (κ3) is 3.30. The van der Waals surface area contributed by atoms with Crippen molar-refractivity contribution in [1.82, 2.24) is 4.90 Å². The second-order valence-corrected chi connectivity index (χ2v) is 6.37. The Bertz CT molecular complexity index is 410. The second-order valence-electron chi connectivity index (χ2n) is 6.37. The Morgan fingerprint density at radius 3 is 2.05 bits per heavy atom. The largest absolute Gasteiger partial charge is 0.481 e. The van der Waals surface area contributed by atoms with E-state index in [9.17, 15) is 14.7 Å². The quantitative estimate of drug-likeness (QED) is 0.700. The number of amides is 1. The summed E-state index contributed by atoms with van der Waals surface area (Å²) < 4.78 is 0. The number of unbranched alkanes of at least 4 members (excludes halogenated alkanes) is 2. The van der Waals surface area contributed by atoms with Gasteiger partial charge in [-0.1, -0.05) is 38.8 Å². The lowest BCUT2D eigenvalue weighted by Crippen LogP contribution is -2.43. The summed E-state index contributed by atoms with van der Waals surface area (Å²) in [6, 6.07) is 0. The molecule has 0 aromatic carbocycles. The zero-order valence-corrected chi connectivity index (χ0v) is 13.1. The molecule has 1 saturated carbocycles. The van der Waals surface area contributed by atoms with Gasteiger partial charge in [-0.05, 0) is 31.1 Å². The van der Waals surface area contributed by atoms with E-state index >= 15 is 0 Å². The third-order valence-electron chi connectivity index (χ3n) is 4.90. The number of hydrogen-bond acceptors (Lipinski definition) is 2. The molecule has 4 nitrogen and oxygen atoms in total. The zero-order valence-electron chi connectivity index (χ0n) is 13.1. The monoisotopic (exact) mass is 293 g/mol. The van der Waals surface area contributed by atoms with Crippen molar-refractivity contribution in [3.05, 3.63) is 12.2 Å². The van der Waals surface area contributed by atoms with Crippen LogP contribution in [0.1, 0.15) is 46.0 Å². The molecular formula is C17H27NO3. The molecule has 0 saturated heterocycles. The standard InChI is InChI=1S/C17H27NO3/c1-3-5-9-18(10-6-4-2)16(19)14-12-7-8-13(11-12)15(14)17(20)21/h7-8,12-15H,3-6,9-11H2,1-2H3,(H,20,21)/t12-,13-,14+,15+/m0/s1. The van der Waals surface area contributed by atoms with Gasteiger partial charge in [0.2, 0.25) is 5.91 Å². The molecule has 2 rings (SSSR count). The minimum absolute atomic E-state index is 0.0562. The van der Waals surface area contributed by atoms with Crippen molar-refractivity contribution in [2.75, 3.05) is 13.1 Å². The lowest BCUT2D eigenvalue weighted by Gasteiger charge is -2.31. The number of aliphatic carboxylic acids is 1. The predicted octanol–water partition coefficient (Wildman–Crippen LogP) is 2.94. The van der Waals surface area contributed by atoms with E-state index in [0.29, 0.717) is 0 Å². The molecule has 0 radical (unpaired) electrons. The highest BCUT2D eigenvalue weighted by atomic mass is 16.4. The van der Waals surface area contributed by atoms with Gasteiger partial charge in [0.05, 0.1) is 11.8 Å². The fraction of sp³-hybridized carbons (Fsp3) is 0.765. The first-order valence-electron chi connectivity index (χ1n) is 8.30. The molecule has 0 unspecified atom stereocenters. The molecule has 1 fully saturated rings. The Hall–Kier alpha value is -1.32. The van der Waals surface area contributed by atoms with E-state index in [-0.39, 0.29) is 23.7 Å². The van der Waals surface area contributed by atoms with Crippen LogP contribution in [-0.2, 0) is 9.59 Å². The first-order valence-corrected chi connectivity index (χ1v) is 8.30. The Balaban J connectivity index is 2.11. The van der Waals surface area contributed by atoms with Crippen LogP contribution in [0.25, 0.3) is 0 Å². The Labute approximate surface area is 127 Å². The van der Waals surface area contributed by atoms with Crippen molar-refractivity contribution in [1.29, 1.82) is 0 Å². The van der Waals surface area contributed by atoms with Crippen LogP contribution in [0, 0.1) is 23.7 Å². The van der Waals surface area contributed by atoms with Gasteiger partial charge in [-0.25, -0.2) is 0 Å². The molecule has 118 valence electrons. The maximum atomic E-state index is 12.9. The van der Waals surface area contributed by atoms with Crippen LogP contribution in [0.2, 0.25) is 0 Å². The summed E-state index contributed by atoms with van der Waals surface area (Å²) in [5, 5.41) is 9.48. The summed E-state index contributed by atoms with van der Waals surface area (Å²) in [4.78, 5) is 26.4. The smallest absolute Gasteiger partial charge is 0.307 e. The molecule has 0 heterocycles. The Kier molecular flexibility index (Phi) is 5.43. The SMILES string of the molecule is CCCCN(CCCC)C(=O)[C@H]1[C@H](C(=O)O)[C@H]2C=C[C@H]1C2. The molecule has 1 N–H and O–H groups in total. The number of carbonyl (C=O) groups excluding carboxylic acids is 1. The van der Waals surface area contributed by atoms with Gasteiger partial charge in [0, 0.05) is 13.1 Å². The predicted molar refractivity (Wildman–Crippen MR) is 81.7 cm³/mol. The highest BCUT2D eigenvalue weighted by Crippen LogP contribution is 2.48. The number of carboxylic acid groups (broad SMARTS) is 1. The molecule has 0 aromatic rings. The number of hydrogen-bond donors (Lipinski definition) is 1. The van der Waals surface area contributed by atoms with Gasteiger partial charge in [0.1, 0.15) is 0 Å². The summed E-state index contributed by atoms with van der Waals surface area (Å²) in [5.74, 6) is -1.41. The lowest BCUT2D eigenvalue weighted by molar-refractivity contribution is -0.151. The number of nitrogens with zero attached hydrogens (tertiary/aromatic N) is 1. The number of carbonyl (C=O) groups is 2. The van der Waals surface area contributed by atoms with Crippen LogP contribution in [0.3, 0.4) is 0 Å². The summed E-state index contributed by atoms with van der Waals surface area (Å²) in [6.45, 7) is 5.75. The topological polar surface area (TPSA) is 57.6 Å². The highest BCUT2D eigenvalue weighted by Gasteiger charge is 2.52. The van der Waals surface area contributed by atoms with Gasteiger partial charge >= 0.3 is 5.97 Å². The maximum Gasteiger partial charge on any atom is 0.307 e. The average Bonchev–Trinajstić information content (AvgIpc) is 3.07. The minimum atomic E-state index is -0.809. The first-order chi connectivity index (χ1) is 10.1. The zero-order chi connectivity index (χ0) is 15.4. The molecule has 21 heavy (non-hydrogen) atoms. The second kappa shape index (κ2) is 7.10. The van der Waals surface area contributed by atoms with Crippen LogP contribution in [0.15, 0.2) is 12.2 Å². The molecular weight excluding hydrogens is 266 g/mol. The molecule has 0 aliphatic heterocycles. The van der Waals surface area contributed by atoms with E-state index in [0.717, 1.165) is 45.2 Å². The van der Waals surface area contributed by atoms with Gasteiger partial charge in [-0.3, -0.25) is 9.59 Å². The van der Waals surface area contributed by atoms with E-state index in [1.54, 1.807) is 0 Å². The molecule has 4 atom stereocenters. The molecule has 4 heteroatoms. The number of allylic oxidation sites excluding steroid dienone is 2. The van der Waals surface area contributed by atoms with Crippen LogP contribution in [0.5, 0.6) is 0 Å². The molecule has 0 aromatic heterocycles. The van der Waals surface area contributed by atoms with E-state index in [1.807, 2.05) is 11.0 Å². The van der Waals surface area contributed by atoms with Crippen LogP contribution >= 0.6 is 0 Å². The van der Waals surface area contributed by atoms with Gasteiger partial charge in [-0.15, -0.1) is 0 Å². The molecule has 2 aliphatic rings. The van der Waals surface area contributed by atoms with Crippen molar-refractivity contribution in [3.8, 4) is 0 Å². The summed E-state index contributed by atoms with van der Waals surface area (Å²) in [5.41, 5.74) is 0. The van der Waals surface area contributed by atoms with E-state index in [4.69, 9.17) is 0 Å². The van der Waals surface area contributed by atoms with Crippen LogP contribution in [-0.4, -0.2) is 35.0 Å². The molecule has 1 amide bonds. The van der Waals surface area contributed by atoms with E-state index in [2.05, 4.69) is 19.9 Å². The van der Waals surface area contributed by atoms with Crippen molar-refractivity contribution in [3.63, 3.8) is 0 Å². The van der Waals surface area contributed by atoms with E-state index < -0.39 is 11.9 Å². The molecule has 2 aliphatic carbocycles. The first kappa shape index (κ1) is 16.1. The number of fused-ring (bicyclic) bond motifs is 2. The van der Waals surface area contributed by atoms with Crippen LogP contribution in [0.4, 0.5) is 0 Å². The molecule has 2 bridgehead atoms. The van der Waals surface area contributed by atoms with Crippen molar-refractivity contribution in [2.45, 2.75) is 46.0 Å². The minimum Gasteiger partial charge on any atom is -0.481 e. The Morgan fingerprint density at radius 2 is 1.57 bits per heavy atom. The van der Waals surface area contributed by atoms with Gasteiger partial charge < -0.3 is 10.0 Å². The lowest BCUT2D eigenvalue weighted by atomic mass is 9.82. The van der Waals surface area contributed by atoms with Crippen molar-refractivity contribution >= 4 is 11.9 Å². The highest BCUT2D eigenvalue weighted by molar-refractivity contribution is 5.87. The fourth-order valence-electron chi connectivity index (χ4n) is 3.74. The average molecular weight is 293 g/mol. The van der Waals surface area contributed by atoms with Gasteiger partial charge in [0.25, 0.3) is 0 Å². The maximum absolute atomic E-state index is 12.9. The van der Waals surface area contributed by atoms with Crippen LogP contribution < -0.4 is 0 Å². The van der Waals surface area contributed by atoms with Gasteiger partial charge in [-0.2, -0.15) is 0 Å². The Morgan fingerprint density at radius 1 is 1.05 bits per heavy atom. The third-order valence-corrected chi connectivity index (χ3v) is 4.90. The normalized spacial score (nSPS) is 29.8. The van der Waals surface area contributed by atoms with Crippen molar-refractivity contribution < 1.29 is 14.7 Å². The summed E-state index contributed by atoms with van der Waals surface area (Å²) in [7, 11) is 0. The number of carboxylic acids is 1. The number of rotatable bonds is 8. The fourth-order valence-corrected chi connectivity index (χ4v) is 3.74. The van der Waals surface area contributed by atoms with E-state index in [1.165, 1.54) is 0 Å². The summed E-state index contributed by atoms with van der Waals surface area (Å²) in [6.07, 6.45) is 8.97.